The van der Waals surface area contributed by atoms with Crippen molar-refractivity contribution >= 4 is 11.6 Å². The lowest BCUT2D eigenvalue weighted by Crippen LogP contribution is -2.07. The van der Waals surface area contributed by atoms with Crippen molar-refractivity contribution in [3.63, 3.8) is 0 Å². The Balaban J connectivity index is 2.05. The summed E-state index contributed by atoms with van der Waals surface area (Å²) >= 11 is 5.89. The molecule has 0 aliphatic heterocycles. The Labute approximate surface area is 106 Å². The van der Waals surface area contributed by atoms with Gasteiger partial charge in [-0.25, -0.2) is 4.98 Å². The number of rotatable bonds is 4. The highest BCUT2D eigenvalue weighted by atomic mass is 35.5. The average molecular weight is 251 g/mol. The van der Waals surface area contributed by atoms with E-state index in [1.54, 1.807) is 6.07 Å². The van der Waals surface area contributed by atoms with Gasteiger partial charge in [0.1, 0.15) is 12.4 Å². The summed E-state index contributed by atoms with van der Waals surface area (Å²) < 4.78 is 7.76. The van der Waals surface area contributed by atoms with Crippen LogP contribution in [0.25, 0.3) is 0 Å². The Kier molecular flexibility index (Phi) is 3.69. The molecule has 1 aromatic heterocycles. The number of aromatic nitrogens is 2. The Morgan fingerprint density at radius 2 is 2.24 bits per heavy atom. The molecule has 0 saturated carbocycles. The first kappa shape index (κ1) is 12.0. The summed E-state index contributed by atoms with van der Waals surface area (Å²) in [4.78, 5) is 4.13. The van der Waals surface area contributed by atoms with Gasteiger partial charge in [0, 0.05) is 11.1 Å². The zero-order valence-electron chi connectivity index (χ0n) is 9.93. The van der Waals surface area contributed by atoms with Gasteiger partial charge in [-0.1, -0.05) is 17.7 Å². The summed E-state index contributed by atoms with van der Waals surface area (Å²) in [5.41, 5.74) is 1.06. The number of imidazole rings is 1. The molecule has 17 heavy (non-hydrogen) atoms. The second kappa shape index (κ2) is 5.23. The molecule has 0 aliphatic carbocycles. The number of hydrogen-bond donors (Lipinski definition) is 0. The molecule has 2 rings (SSSR count). The Morgan fingerprint density at radius 1 is 1.41 bits per heavy atom. The summed E-state index contributed by atoms with van der Waals surface area (Å²) in [5, 5.41) is 0.680. The smallest absolute Gasteiger partial charge is 0.130 e. The van der Waals surface area contributed by atoms with Crippen molar-refractivity contribution in [2.24, 2.45) is 0 Å². The molecule has 0 aliphatic rings. The predicted octanol–water partition coefficient (Wildman–Crippen LogP) is 3.70. The van der Waals surface area contributed by atoms with Crippen LogP contribution in [0.15, 0.2) is 36.8 Å². The quantitative estimate of drug-likeness (QED) is 0.827. The third kappa shape index (κ3) is 3.01. The summed E-state index contributed by atoms with van der Waals surface area (Å²) in [6, 6.07) is 7.78. The molecule has 0 saturated heterocycles. The molecule has 0 amide bonds. The van der Waals surface area contributed by atoms with Gasteiger partial charge in [-0.15, -0.1) is 0 Å². The van der Waals surface area contributed by atoms with E-state index in [9.17, 15) is 0 Å². The maximum atomic E-state index is 5.89. The molecule has 0 bridgehead atoms. The monoisotopic (exact) mass is 250 g/mol. The molecular weight excluding hydrogens is 236 g/mol. The largest absolute Gasteiger partial charge is 0.487 e. The molecule has 2 aromatic rings. The van der Waals surface area contributed by atoms with Gasteiger partial charge in [0.15, 0.2) is 0 Å². The van der Waals surface area contributed by atoms with Gasteiger partial charge < -0.3 is 9.30 Å². The number of halogens is 1. The van der Waals surface area contributed by atoms with Crippen LogP contribution in [-0.4, -0.2) is 9.55 Å². The average Bonchev–Trinajstić information content (AvgIpc) is 2.74. The topological polar surface area (TPSA) is 27.1 Å². The lowest BCUT2D eigenvalue weighted by Gasteiger charge is -2.12. The van der Waals surface area contributed by atoms with E-state index in [2.05, 4.69) is 23.4 Å². The van der Waals surface area contributed by atoms with E-state index in [0.717, 1.165) is 11.4 Å². The van der Waals surface area contributed by atoms with Crippen molar-refractivity contribution in [2.45, 2.75) is 26.5 Å². The highest BCUT2D eigenvalue weighted by molar-refractivity contribution is 6.30. The standard InChI is InChI=1S/C13H15ClN2O/c1-10(2)16-9-15-7-12(16)8-17-13-5-3-4-11(14)6-13/h3-7,9-10H,8H2,1-2H3. The Bertz CT molecular complexity index is 494. The highest BCUT2D eigenvalue weighted by Crippen LogP contribution is 2.19. The Morgan fingerprint density at radius 3 is 2.94 bits per heavy atom. The fourth-order valence-corrected chi connectivity index (χ4v) is 1.80. The van der Waals surface area contributed by atoms with Gasteiger partial charge in [0.2, 0.25) is 0 Å². The van der Waals surface area contributed by atoms with Gasteiger partial charge in [0.25, 0.3) is 0 Å². The molecule has 3 nitrogen and oxygen atoms in total. The minimum atomic E-state index is 0.385. The summed E-state index contributed by atoms with van der Waals surface area (Å²) in [7, 11) is 0. The molecule has 0 unspecified atom stereocenters. The maximum Gasteiger partial charge on any atom is 0.130 e. The SMILES string of the molecule is CC(C)n1cncc1COc1cccc(Cl)c1. The zero-order chi connectivity index (χ0) is 12.3. The first-order valence-electron chi connectivity index (χ1n) is 5.56. The molecule has 4 heteroatoms. The lowest BCUT2D eigenvalue weighted by molar-refractivity contribution is 0.292. The van der Waals surface area contributed by atoms with Gasteiger partial charge in [-0.05, 0) is 32.0 Å². The first-order valence-corrected chi connectivity index (χ1v) is 5.93. The van der Waals surface area contributed by atoms with Crippen LogP contribution in [0.5, 0.6) is 5.75 Å². The summed E-state index contributed by atoms with van der Waals surface area (Å²) in [6.07, 6.45) is 3.64. The zero-order valence-corrected chi connectivity index (χ0v) is 10.7. The van der Waals surface area contributed by atoms with E-state index in [1.807, 2.05) is 30.7 Å². The van der Waals surface area contributed by atoms with Crippen LogP contribution >= 0.6 is 11.6 Å². The minimum absolute atomic E-state index is 0.385. The summed E-state index contributed by atoms with van der Waals surface area (Å²) in [6.45, 7) is 4.73. The van der Waals surface area contributed by atoms with Crippen molar-refractivity contribution in [2.75, 3.05) is 0 Å². The van der Waals surface area contributed by atoms with Gasteiger partial charge in [0.05, 0.1) is 18.2 Å². The third-order valence-electron chi connectivity index (χ3n) is 2.49. The molecule has 1 heterocycles. The van der Waals surface area contributed by atoms with Crippen LogP contribution < -0.4 is 4.74 Å². The second-order valence-electron chi connectivity index (χ2n) is 4.13. The lowest BCUT2D eigenvalue weighted by atomic mass is 10.3. The fraction of sp³-hybridized carbons (Fsp3) is 0.308. The molecule has 0 spiro atoms. The number of hydrogen-bond acceptors (Lipinski definition) is 2. The number of ether oxygens (including phenoxy) is 1. The third-order valence-corrected chi connectivity index (χ3v) is 2.72. The highest BCUT2D eigenvalue weighted by Gasteiger charge is 2.05. The predicted molar refractivity (Wildman–Crippen MR) is 68.4 cm³/mol. The van der Waals surface area contributed by atoms with Gasteiger partial charge >= 0.3 is 0 Å². The molecule has 0 radical (unpaired) electrons. The van der Waals surface area contributed by atoms with Crippen LogP contribution in [0, 0.1) is 0 Å². The number of benzene rings is 1. The van der Waals surface area contributed by atoms with Crippen LogP contribution in [-0.2, 0) is 6.61 Å². The van der Waals surface area contributed by atoms with E-state index in [-0.39, 0.29) is 0 Å². The molecule has 1 aromatic carbocycles. The Hall–Kier alpha value is -1.48. The van der Waals surface area contributed by atoms with E-state index in [4.69, 9.17) is 16.3 Å². The summed E-state index contributed by atoms with van der Waals surface area (Å²) in [5.74, 6) is 0.772. The van der Waals surface area contributed by atoms with Crippen LogP contribution in [0.2, 0.25) is 5.02 Å². The normalized spacial score (nSPS) is 10.8. The van der Waals surface area contributed by atoms with E-state index >= 15 is 0 Å². The van der Waals surface area contributed by atoms with E-state index in [0.29, 0.717) is 17.7 Å². The van der Waals surface area contributed by atoms with Crippen molar-refractivity contribution < 1.29 is 4.74 Å². The molecule has 0 fully saturated rings. The van der Waals surface area contributed by atoms with E-state index < -0.39 is 0 Å². The minimum Gasteiger partial charge on any atom is -0.487 e. The molecule has 0 N–H and O–H groups in total. The van der Waals surface area contributed by atoms with Gasteiger partial charge in [-0.2, -0.15) is 0 Å². The van der Waals surface area contributed by atoms with Crippen LogP contribution in [0.4, 0.5) is 0 Å². The van der Waals surface area contributed by atoms with Crippen LogP contribution in [0.1, 0.15) is 25.6 Å². The van der Waals surface area contributed by atoms with Gasteiger partial charge in [-0.3, -0.25) is 0 Å². The fourth-order valence-electron chi connectivity index (χ4n) is 1.62. The van der Waals surface area contributed by atoms with Crippen molar-refractivity contribution in [3.05, 3.63) is 47.5 Å². The van der Waals surface area contributed by atoms with E-state index in [1.165, 1.54) is 0 Å². The molecular formula is C13H15ClN2O. The van der Waals surface area contributed by atoms with Crippen molar-refractivity contribution in [1.82, 2.24) is 9.55 Å². The van der Waals surface area contributed by atoms with Crippen molar-refractivity contribution in [1.29, 1.82) is 0 Å². The van der Waals surface area contributed by atoms with Crippen LogP contribution in [0.3, 0.4) is 0 Å². The second-order valence-corrected chi connectivity index (χ2v) is 4.57. The number of nitrogens with zero attached hydrogens (tertiary/aromatic N) is 2. The maximum absolute atomic E-state index is 5.89. The molecule has 0 atom stereocenters. The van der Waals surface area contributed by atoms with Crippen molar-refractivity contribution in [3.8, 4) is 5.75 Å². The molecule has 90 valence electrons. The first-order chi connectivity index (χ1) is 8.16.